The predicted octanol–water partition coefficient (Wildman–Crippen LogP) is 5.26. The summed E-state index contributed by atoms with van der Waals surface area (Å²) in [5.41, 5.74) is 2.45. The number of ether oxygens (including phenoxy) is 3. The largest absolute Gasteiger partial charge is 0.493 e. The average Bonchev–Trinajstić information content (AvgIpc) is 3.30. The summed E-state index contributed by atoms with van der Waals surface area (Å²) in [5, 5.41) is 18.4. The number of methoxy groups -OCH3 is 3. The van der Waals surface area contributed by atoms with Crippen molar-refractivity contribution in [2.45, 2.75) is 10.9 Å². The molecule has 0 saturated carbocycles. The number of para-hydroxylation sites is 1. The van der Waals surface area contributed by atoms with Gasteiger partial charge in [-0.2, -0.15) is 5.26 Å². The van der Waals surface area contributed by atoms with Gasteiger partial charge in [0.05, 0.1) is 38.6 Å². The first-order chi connectivity index (χ1) is 16.6. The second-order valence-corrected chi connectivity index (χ2v) is 8.05. The molecule has 0 fully saturated rings. The Morgan fingerprint density at radius 2 is 1.68 bits per heavy atom. The van der Waals surface area contributed by atoms with Crippen molar-refractivity contribution in [3.05, 3.63) is 77.6 Å². The molecule has 0 N–H and O–H groups in total. The number of hydrogen-bond acceptors (Lipinski definition) is 7. The highest BCUT2D eigenvalue weighted by Gasteiger charge is 2.22. The van der Waals surface area contributed by atoms with Gasteiger partial charge in [0, 0.05) is 11.3 Å². The second kappa shape index (κ2) is 10.3. The Morgan fingerprint density at radius 1 is 0.941 bits per heavy atom. The Kier molecular flexibility index (Phi) is 6.99. The van der Waals surface area contributed by atoms with Crippen LogP contribution in [0.15, 0.2) is 65.8 Å². The Balaban J connectivity index is 1.82. The van der Waals surface area contributed by atoms with E-state index in [9.17, 15) is 4.39 Å². The zero-order chi connectivity index (χ0) is 24.1. The molecule has 9 heteroatoms. The number of benzene rings is 3. The second-order valence-electron chi connectivity index (χ2n) is 7.11. The van der Waals surface area contributed by atoms with E-state index in [1.54, 1.807) is 41.0 Å². The fourth-order valence-electron chi connectivity index (χ4n) is 3.49. The summed E-state index contributed by atoms with van der Waals surface area (Å²) >= 11 is 1.39. The van der Waals surface area contributed by atoms with Crippen molar-refractivity contribution in [1.82, 2.24) is 14.8 Å². The van der Waals surface area contributed by atoms with Crippen LogP contribution < -0.4 is 14.2 Å². The van der Waals surface area contributed by atoms with E-state index >= 15 is 0 Å². The molecule has 1 heterocycles. The van der Waals surface area contributed by atoms with Gasteiger partial charge in [-0.25, -0.2) is 4.39 Å². The monoisotopic (exact) mass is 476 g/mol. The van der Waals surface area contributed by atoms with E-state index < -0.39 is 5.82 Å². The number of halogens is 1. The van der Waals surface area contributed by atoms with Crippen molar-refractivity contribution < 1.29 is 18.6 Å². The highest BCUT2D eigenvalue weighted by Crippen LogP contribution is 2.42. The summed E-state index contributed by atoms with van der Waals surface area (Å²) < 4.78 is 32.9. The van der Waals surface area contributed by atoms with Crippen LogP contribution in [0.2, 0.25) is 0 Å². The summed E-state index contributed by atoms with van der Waals surface area (Å²) in [5.74, 6) is 1.86. The number of thioether (sulfide) groups is 1. The molecular weight excluding hydrogens is 455 g/mol. The minimum Gasteiger partial charge on any atom is -0.493 e. The van der Waals surface area contributed by atoms with E-state index in [1.165, 1.54) is 39.2 Å². The van der Waals surface area contributed by atoms with Gasteiger partial charge in [0.2, 0.25) is 5.75 Å². The van der Waals surface area contributed by atoms with Gasteiger partial charge in [-0.3, -0.25) is 4.57 Å². The third-order valence-corrected chi connectivity index (χ3v) is 6.07. The van der Waals surface area contributed by atoms with Crippen LogP contribution in [-0.4, -0.2) is 36.1 Å². The van der Waals surface area contributed by atoms with Gasteiger partial charge in [0.1, 0.15) is 5.82 Å². The standard InChI is InChI=1S/C25H21FN4O3S/c1-31-21-12-18(13-22(32-2)23(21)33-3)24-28-29-25(30(24)20-10-5-4-9-19(20)26)34-15-17-8-6-7-16(11-17)14-27/h4-13H,15H2,1-3H3. The fourth-order valence-corrected chi connectivity index (χ4v) is 4.38. The number of aromatic nitrogens is 3. The summed E-state index contributed by atoms with van der Waals surface area (Å²) in [6.07, 6.45) is 0. The van der Waals surface area contributed by atoms with Gasteiger partial charge in [0.15, 0.2) is 22.5 Å². The van der Waals surface area contributed by atoms with Crippen LogP contribution in [0.25, 0.3) is 17.1 Å². The molecule has 0 radical (unpaired) electrons. The van der Waals surface area contributed by atoms with Crippen molar-refractivity contribution in [2.75, 3.05) is 21.3 Å². The first kappa shape index (κ1) is 23.1. The summed E-state index contributed by atoms with van der Waals surface area (Å²) in [6, 6.07) is 19.4. The molecule has 0 saturated heterocycles. The molecule has 4 rings (SSSR count). The lowest BCUT2D eigenvalue weighted by molar-refractivity contribution is 0.324. The van der Waals surface area contributed by atoms with Crippen molar-refractivity contribution in [2.24, 2.45) is 0 Å². The van der Waals surface area contributed by atoms with Crippen LogP contribution in [0.5, 0.6) is 17.2 Å². The van der Waals surface area contributed by atoms with E-state index in [0.717, 1.165) is 5.56 Å². The molecule has 0 aliphatic carbocycles. The fraction of sp³-hybridized carbons (Fsp3) is 0.160. The molecule has 0 aliphatic heterocycles. The lowest BCUT2D eigenvalue weighted by atomic mass is 10.1. The minimum atomic E-state index is -0.413. The zero-order valence-corrected chi connectivity index (χ0v) is 19.6. The first-order valence-electron chi connectivity index (χ1n) is 10.2. The molecule has 0 spiro atoms. The van der Waals surface area contributed by atoms with Crippen molar-refractivity contribution in [3.8, 4) is 40.4 Å². The summed E-state index contributed by atoms with van der Waals surface area (Å²) in [6.45, 7) is 0. The normalized spacial score (nSPS) is 10.6. The molecule has 0 bridgehead atoms. The topological polar surface area (TPSA) is 82.2 Å². The third-order valence-electron chi connectivity index (χ3n) is 5.07. The Morgan fingerprint density at radius 3 is 2.32 bits per heavy atom. The van der Waals surface area contributed by atoms with E-state index in [4.69, 9.17) is 19.5 Å². The average molecular weight is 477 g/mol. The van der Waals surface area contributed by atoms with E-state index in [-0.39, 0.29) is 0 Å². The number of hydrogen-bond donors (Lipinski definition) is 0. The maximum absolute atomic E-state index is 14.9. The zero-order valence-electron chi connectivity index (χ0n) is 18.8. The molecule has 34 heavy (non-hydrogen) atoms. The van der Waals surface area contributed by atoms with Gasteiger partial charge in [-0.05, 0) is 42.0 Å². The van der Waals surface area contributed by atoms with Crippen LogP contribution >= 0.6 is 11.8 Å². The van der Waals surface area contributed by atoms with Crippen LogP contribution in [0.3, 0.4) is 0 Å². The van der Waals surface area contributed by atoms with Crippen molar-refractivity contribution in [1.29, 1.82) is 5.26 Å². The van der Waals surface area contributed by atoms with Gasteiger partial charge >= 0.3 is 0 Å². The first-order valence-corrected chi connectivity index (χ1v) is 11.2. The maximum atomic E-state index is 14.9. The molecule has 0 amide bonds. The number of nitrogens with zero attached hydrogens (tertiary/aromatic N) is 4. The van der Waals surface area contributed by atoms with Gasteiger partial charge in [-0.15, -0.1) is 10.2 Å². The molecule has 1 aromatic heterocycles. The van der Waals surface area contributed by atoms with Crippen LogP contribution in [-0.2, 0) is 5.75 Å². The molecule has 0 aliphatic rings. The smallest absolute Gasteiger partial charge is 0.203 e. The number of nitriles is 1. The molecule has 4 aromatic rings. The van der Waals surface area contributed by atoms with Gasteiger partial charge < -0.3 is 14.2 Å². The Hall–Kier alpha value is -4.03. The molecule has 0 atom stereocenters. The van der Waals surface area contributed by atoms with Crippen LogP contribution in [0, 0.1) is 17.1 Å². The third kappa shape index (κ3) is 4.54. The molecule has 7 nitrogen and oxygen atoms in total. The highest BCUT2D eigenvalue weighted by molar-refractivity contribution is 7.98. The van der Waals surface area contributed by atoms with Crippen LogP contribution in [0.4, 0.5) is 4.39 Å². The van der Waals surface area contributed by atoms with Crippen LogP contribution in [0.1, 0.15) is 11.1 Å². The van der Waals surface area contributed by atoms with E-state index in [1.807, 2.05) is 18.2 Å². The molecule has 172 valence electrons. The molecular formula is C25H21FN4O3S. The lowest BCUT2D eigenvalue weighted by Crippen LogP contribution is -2.03. The minimum absolute atomic E-state index is 0.310. The quantitative estimate of drug-likeness (QED) is 0.321. The van der Waals surface area contributed by atoms with Crippen molar-refractivity contribution in [3.63, 3.8) is 0 Å². The van der Waals surface area contributed by atoms with Gasteiger partial charge in [0.25, 0.3) is 0 Å². The molecule has 0 unspecified atom stereocenters. The van der Waals surface area contributed by atoms with E-state index in [0.29, 0.717) is 50.8 Å². The summed E-state index contributed by atoms with van der Waals surface area (Å²) in [4.78, 5) is 0. The Bertz CT molecular complexity index is 1340. The summed E-state index contributed by atoms with van der Waals surface area (Å²) in [7, 11) is 4.58. The lowest BCUT2D eigenvalue weighted by Gasteiger charge is -2.15. The number of rotatable bonds is 8. The van der Waals surface area contributed by atoms with Gasteiger partial charge in [-0.1, -0.05) is 36.0 Å². The predicted molar refractivity (Wildman–Crippen MR) is 127 cm³/mol. The van der Waals surface area contributed by atoms with Crippen molar-refractivity contribution >= 4 is 11.8 Å². The maximum Gasteiger partial charge on any atom is 0.203 e. The molecule has 3 aromatic carbocycles. The van der Waals surface area contributed by atoms with E-state index in [2.05, 4.69) is 16.3 Å². The Labute approximate surface area is 200 Å². The SMILES string of the molecule is COc1cc(-c2nnc(SCc3cccc(C#N)c3)n2-c2ccccc2F)cc(OC)c1OC. The highest BCUT2D eigenvalue weighted by atomic mass is 32.2.